The molecule has 1 N–H and O–H groups in total. The van der Waals surface area contributed by atoms with Gasteiger partial charge in [0.05, 0.1) is 5.57 Å². The lowest BCUT2D eigenvalue weighted by Crippen LogP contribution is -2.34. The predicted octanol–water partition coefficient (Wildman–Crippen LogP) is 3.65. The van der Waals surface area contributed by atoms with Gasteiger partial charge in [0, 0.05) is 34.4 Å². The Balaban J connectivity index is 2.32. The first-order chi connectivity index (χ1) is 11.5. The maximum atomic E-state index is 14.3. The molecule has 1 aromatic carbocycles. The highest BCUT2D eigenvalue weighted by Crippen LogP contribution is 2.38. The lowest BCUT2D eigenvalue weighted by molar-refractivity contribution is -0.139. The van der Waals surface area contributed by atoms with Crippen LogP contribution >= 0.6 is 23.4 Å². The topological polar surface area (TPSA) is 55.4 Å². The average molecular weight is 372 g/mol. The molecular weight excluding hydrogens is 353 g/mol. The zero-order chi connectivity index (χ0) is 17.7. The molecule has 0 saturated heterocycles. The summed E-state index contributed by atoms with van der Waals surface area (Å²) in [5, 5.41) is 2.81. The molecule has 0 fully saturated rings. The second-order valence-electron chi connectivity index (χ2n) is 5.31. The van der Waals surface area contributed by atoms with Crippen molar-refractivity contribution in [2.24, 2.45) is 0 Å². The molecule has 24 heavy (non-hydrogen) atoms. The fourth-order valence-electron chi connectivity index (χ4n) is 2.68. The van der Waals surface area contributed by atoms with Gasteiger partial charge in [-0.05, 0) is 24.8 Å². The van der Waals surface area contributed by atoms with Gasteiger partial charge in [-0.3, -0.25) is 4.79 Å². The van der Waals surface area contributed by atoms with E-state index in [0.717, 1.165) is 5.75 Å². The van der Waals surface area contributed by atoms with E-state index in [2.05, 4.69) is 5.32 Å². The Morgan fingerprint density at radius 3 is 2.92 bits per heavy atom. The summed E-state index contributed by atoms with van der Waals surface area (Å²) in [6.45, 7) is 3.89. The number of esters is 1. The van der Waals surface area contributed by atoms with Gasteiger partial charge in [-0.15, -0.1) is 0 Å². The number of hydrogen-bond donors (Lipinski definition) is 1. The van der Waals surface area contributed by atoms with Crippen LogP contribution < -0.4 is 5.32 Å². The molecule has 2 rings (SSSR count). The van der Waals surface area contributed by atoms with Crippen LogP contribution in [0.2, 0.25) is 5.02 Å². The number of nitrogens with one attached hydrogen (secondary N) is 1. The Labute approximate surface area is 149 Å². The van der Waals surface area contributed by atoms with Gasteiger partial charge in [-0.2, -0.15) is 11.8 Å². The molecule has 1 amide bonds. The molecular formula is C17H19ClFNO3S. The van der Waals surface area contributed by atoms with Crippen molar-refractivity contribution < 1.29 is 18.7 Å². The molecule has 1 unspecified atom stereocenters. The zero-order valence-corrected chi connectivity index (χ0v) is 15.1. The summed E-state index contributed by atoms with van der Waals surface area (Å²) in [7, 11) is 0. The molecule has 1 aliphatic rings. The number of amides is 1. The summed E-state index contributed by atoms with van der Waals surface area (Å²) in [6.07, 6.45) is -0.0495. The van der Waals surface area contributed by atoms with Crippen molar-refractivity contribution in [3.05, 3.63) is 45.9 Å². The van der Waals surface area contributed by atoms with E-state index in [-0.39, 0.29) is 35.1 Å². The molecule has 1 aromatic rings. The van der Waals surface area contributed by atoms with Crippen LogP contribution in [-0.2, 0) is 14.3 Å². The normalized spacial score (nSPS) is 17.7. The maximum absolute atomic E-state index is 14.3. The van der Waals surface area contributed by atoms with Crippen LogP contribution in [0.15, 0.2) is 29.5 Å². The van der Waals surface area contributed by atoms with Crippen molar-refractivity contribution in [1.29, 1.82) is 0 Å². The van der Waals surface area contributed by atoms with Gasteiger partial charge >= 0.3 is 5.97 Å². The van der Waals surface area contributed by atoms with Crippen LogP contribution in [0.5, 0.6) is 0 Å². The van der Waals surface area contributed by atoms with E-state index in [1.807, 2.05) is 6.92 Å². The van der Waals surface area contributed by atoms with Crippen molar-refractivity contribution in [3.8, 4) is 0 Å². The first kappa shape index (κ1) is 18.8. The van der Waals surface area contributed by atoms with Gasteiger partial charge in [-0.25, -0.2) is 9.18 Å². The Bertz CT molecular complexity index is 658. The van der Waals surface area contributed by atoms with Gasteiger partial charge in [-0.1, -0.05) is 24.6 Å². The number of carbonyl (C=O) groups excluding carboxylic acids is 2. The lowest BCUT2D eigenvalue weighted by atomic mass is 9.84. The van der Waals surface area contributed by atoms with Crippen LogP contribution in [-0.4, -0.2) is 30.0 Å². The minimum Gasteiger partial charge on any atom is -0.461 e. The number of rotatable bonds is 6. The van der Waals surface area contributed by atoms with Gasteiger partial charge < -0.3 is 10.1 Å². The Morgan fingerprint density at radius 1 is 1.50 bits per heavy atom. The highest BCUT2D eigenvalue weighted by atomic mass is 35.5. The minimum atomic E-state index is -0.751. The van der Waals surface area contributed by atoms with E-state index in [0.29, 0.717) is 11.4 Å². The highest BCUT2D eigenvalue weighted by Gasteiger charge is 2.35. The van der Waals surface area contributed by atoms with Crippen LogP contribution in [0.1, 0.15) is 31.7 Å². The maximum Gasteiger partial charge on any atom is 0.336 e. The molecule has 130 valence electrons. The number of ether oxygens (including phenoxy) is 1. The third kappa shape index (κ3) is 4.30. The Kier molecular flexibility index (Phi) is 6.69. The largest absolute Gasteiger partial charge is 0.461 e. The van der Waals surface area contributed by atoms with E-state index in [1.165, 1.54) is 12.1 Å². The molecule has 0 saturated carbocycles. The third-order valence-electron chi connectivity index (χ3n) is 3.70. The molecule has 1 aliphatic heterocycles. The van der Waals surface area contributed by atoms with Gasteiger partial charge in [0.25, 0.3) is 0 Å². The van der Waals surface area contributed by atoms with Crippen LogP contribution in [0, 0.1) is 5.82 Å². The molecule has 0 aliphatic carbocycles. The molecule has 4 nitrogen and oxygen atoms in total. The monoisotopic (exact) mass is 371 g/mol. The number of benzene rings is 1. The first-order valence-electron chi connectivity index (χ1n) is 7.65. The second-order valence-corrected chi connectivity index (χ2v) is 7.11. The van der Waals surface area contributed by atoms with Crippen molar-refractivity contribution in [2.75, 3.05) is 18.1 Å². The summed E-state index contributed by atoms with van der Waals surface area (Å²) >= 11 is 7.78. The zero-order valence-electron chi connectivity index (χ0n) is 13.5. The van der Waals surface area contributed by atoms with E-state index in [1.54, 1.807) is 24.8 Å². The smallest absolute Gasteiger partial charge is 0.336 e. The Hall–Kier alpha value is -1.53. The second kappa shape index (κ2) is 8.53. The standard InChI is InChI=1S/C17H19ClFNO3S/c1-3-24-8-7-23-17(22)15-10(2)20-14(21)9-11(15)16-12(18)5-4-6-13(16)19/h4-6,11H,3,7-9H2,1-2H3,(H,20,21). The van der Waals surface area contributed by atoms with Crippen LogP contribution in [0.25, 0.3) is 0 Å². The fraction of sp³-hybridized carbons (Fsp3) is 0.412. The molecule has 1 atom stereocenters. The van der Waals surface area contributed by atoms with E-state index < -0.39 is 17.7 Å². The predicted molar refractivity (Wildman–Crippen MR) is 93.6 cm³/mol. The number of hydrogen-bond acceptors (Lipinski definition) is 4. The summed E-state index contributed by atoms with van der Waals surface area (Å²) in [5.41, 5.74) is 0.787. The van der Waals surface area contributed by atoms with Crippen LogP contribution in [0.4, 0.5) is 4.39 Å². The summed E-state index contributed by atoms with van der Waals surface area (Å²) in [4.78, 5) is 24.4. The average Bonchev–Trinajstić information content (AvgIpc) is 2.50. The summed E-state index contributed by atoms with van der Waals surface area (Å²) < 4.78 is 19.6. The van der Waals surface area contributed by atoms with Gasteiger partial charge in [0.15, 0.2) is 0 Å². The highest BCUT2D eigenvalue weighted by molar-refractivity contribution is 7.99. The van der Waals surface area contributed by atoms with E-state index >= 15 is 0 Å². The molecule has 0 radical (unpaired) electrons. The van der Waals surface area contributed by atoms with E-state index in [4.69, 9.17) is 16.3 Å². The van der Waals surface area contributed by atoms with Crippen molar-refractivity contribution >= 4 is 35.2 Å². The molecule has 1 heterocycles. The van der Waals surface area contributed by atoms with Crippen molar-refractivity contribution in [1.82, 2.24) is 5.32 Å². The first-order valence-corrected chi connectivity index (χ1v) is 9.18. The molecule has 7 heteroatoms. The minimum absolute atomic E-state index is 0.0495. The SMILES string of the molecule is CCSCCOC(=O)C1=C(C)NC(=O)CC1c1c(F)cccc1Cl. The summed E-state index contributed by atoms with van der Waals surface area (Å²) in [5.74, 6) is -0.501. The third-order valence-corrected chi connectivity index (χ3v) is 4.90. The number of thioether (sulfide) groups is 1. The quantitative estimate of drug-likeness (QED) is 0.612. The van der Waals surface area contributed by atoms with Gasteiger partial charge in [0.1, 0.15) is 12.4 Å². The number of carbonyl (C=O) groups is 2. The van der Waals surface area contributed by atoms with E-state index in [9.17, 15) is 14.0 Å². The fourth-order valence-corrected chi connectivity index (χ4v) is 3.46. The lowest BCUT2D eigenvalue weighted by Gasteiger charge is -2.27. The molecule has 0 bridgehead atoms. The number of halogens is 2. The van der Waals surface area contributed by atoms with Crippen LogP contribution in [0.3, 0.4) is 0 Å². The summed E-state index contributed by atoms with van der Waals surface area (Å²) in [6, 6.07) is 4.30. The molecule has 0 spiro atoms. The van der Waals surface area contributed by atoms with Gasteiger partial charge in [0.2, 0.25) is 5.91 Å². The molecule has 0 aromatic heterocycles. The Morgan fingerprint density at radius 2 is 2.25 bits per heavy atom. The van der Waals surface area contributed by atoms with Crippen molar-refractivity contribution in [3.63, 3.8) is 0 Å². The van der Waals surface area contributed by atoms with Crippen molar-refractivity contribution in [2.45, 2.75) is 26.2 Å². The number of allylic oxidation sites excluding steroid dienone is 1.